The van der Waals surface area contributed by atoms with Gasteiger partial charge < -0.3 is 14.8 Å². The molecule has 2 atom stereocenters. The van der Waals surface area contributed by atoms with Gasteiger partial charge in [0.15, 0.2) is 6.10 Å². The van der Waals surface area contributed by atoms with Gasteiger partial charge in [-0.25, -0.2) is 0 Å². The smallest absolute Gasteiger partial charge is 0.261 e. The molecular formula is C18H21NO3. The number of nitrogens with one attached hydrogen (secondary N) is 1. The number of carbonyl (C=O) groups excluding carboxylic acids is 1. The average Bonchev–Trinajstić information content (AvgIpc) is 2.55. The molecule has 0 aliphatic heterocycles. The second kappa shape index (κ2) is 7.50. The minimum absolute atomic E-state index is 0.0648. The van der Waals surface area contributed by atoms with Crippen molar-refractivity contribution >= 4 is 5.91 Å². The Hall–Kier alpha value is -2.49. The SMILES string of the molecule is COc1cccc(O[C@@H](C)C(=O)N[C@H](C)c2ccccc2)c1. The zero-order valence-electron chi connectivity index (χ0n) is 13.1. The van der Waals surface area contributed by atoms with Crippen LogP contribution in [0.2, 0.25) is 0 Å². The number of hydrogen-bond acceptors (Lipinski definition) is 3. The first-order valence-corrected chi connectivity index (χ1v) is 7.26. The van der Waals surface area contributed by atoms with Crippen molar-refractivity contribution in [2.75, 3.05) is 7.11 Å². The van der Waals surface area contributed by atoms with E-state index in [0.717, 1.165) is 5.56 Å². The molecule has 4 heteroatoms. The lowest BCUT2D eigenvalue weighted by atomic mass is 10.1. The third-order valence-corrected chi connectivity index (χ3v) is 3.38. The van der Waals surface area contributed by atoms with E-state index in [1.54, 1.807) is 26.2 Å². The maximum absolute atomic E-state index is 12.2. The van der Waals surface area contributed by atoms with Crippen LogP contribution in [-0.2, 0) is 4.79 Å². The van der Waals surface area contributed by atoms with Gasteiger partial charge in [0, 0.05) is 6.07 Å². The highest BCUT2D eigenvalue weighted by atomic mass is 16.5. The van der Waals surface area contributed by atoms with E-state index >= 15 is 0 Å². The third-order valence-electron chi connectivity index (χ3n) is 3.38. The predicted molar refractivity (Wildman–Crippen MR) is 86.1 cm³/mol. The summed E-state index contributed by atoms with van der Waals surface area (Å²) in [6, 6.07) is 17.0. The van der Waals surface area contributed by atoms with Crippen LogP contribution in [0.5, 0.6) is 11.5 Å². The van der Waals surface area contributed by atoms with E-state index in [9.17, 15) is 4.79 Å². The molecule has 0 bridgehead atoms. The van der Waals surface area contributed by atoms with Gasteiger partial charge in [-0.05, 0) is 31.5 Å². The van der Waals surface area contributed by atoms with Crippen molar-refractivity contribution in [1.29, 1.82) is 0 Å². The quantitative estimate of drug-likeness (QED) is 0.890. The Labute approximate surface area is 131 Å². The van der Waals surface area contributed by atoms with E-state index in [1.165, 1.54) is 0 Å². The molecule has 0 saturated carbocycles. The number of rotatable bonds is 6. The van der Waals surface area contributed by atoms with Crippen LogP contribution in [0.4, 0.5) is 0 Å². The fourth-order valence-electron chi connectivity index (χ4n) is 2.09. The monoisotopic (exact) mass is 299 g/mol. The second-order valence-electron chi connectivity index (χ2n) is 5.08. The van der Waals surface area contributed by atoms with Crippen LogP contribution in [0.1, 0.15) is 25.5 Å². The highest BCUT2D eigenvalue weighted by Crippen LogP contribution is 2.20. The Morgan fingerprint density at radius 2 is 1.68 bits per heavy atom. The Bertz CT molecular complexity index is 613. The van der Waals surface area contributed by atoms with Crippen molar-refractivity contribution in [2.45, 2.75) is 26.0 Å². The molecule has 2 aromatic rings. The number of hydrogen-bond donors (Lipinski definition) is 1. The molecule has 22 heavy (non-hydrogen) atoms. The Balaban J connectivity index is 1.94. The molecular weight excluding hydrogens is 278 g/mol. The third kappa shape index (κ3) is 4.25. The first-order chi connectivity index (χ1) is 10.6. The molecule has 0 fully saturated rings. The van der Waals surface area contributed by atoms with Crippen molar-refractivity contribution < 1.29 is 14.3 Å². The average molecular weight is 299 g/mol. The molecule has 0 saturated heterocycles. The van der Waals surface area contributed by atoms with Gasteiger partial charge >= 0.3 is 0 Å². The molecule has 1 amide bonds. The molecule has 0 heterocycles. The predicted octanol–water partition coefficient (Wildman–Crippen LogP) is 3.34. The van der Waals surface area contributed by atoms with E-state index in [4.69, 9.17) is 9.47 Å². The summed E-state index contributed by atoms with van der Waals surface area (Å²) < 4.78 is 10.8. The maximum Gasteiger partial charge on any atom is 0.261 e. The number of methoxy groups -OCH3 is 1. The normalized spacial score (nSPS) is 13.0. The van der Waals surface area contributed by atoms with E-state index in [-0.39, 0.29) is 11.9 Å². The van der Waals surface area contributed by atoms with Gasteiger partial charge in [-0.2, -0.15) is 0 Å². The Kier molecular flexibility index (Phi) is 5.42. The van der Waals surface area contributed by atoms with E-state index < -0.39 is 6.10 Å². The summed E-state index contributed by atoms with van der Waals surface area (Å²) in [5.74, 6) is 1.15. The number of carbonyl (C=O) groups is 1. The van der Waals surface area contributed by atoms with Crippen LogP contribution in [0, 0.1) is 0 Å². The summed E-state index contributed by atoms with van der Waals surface area (Å²) in [6.45, 7) is 3.68. The molecule has 0 aromatic heterocycles. The molecule has 0 aliphatic rings. The minimum Gasteiger partial charge on any atom is -0.497 e. The van der Waals surface area contributed by atoms with Crippen molar-refractivity contribution in [3.63, 3.8) is 0 Å². The van der Waals surface area contributed by atoms with Crippen LogP contribution >= 0.6 is 0 Å². The lowest BCUT2D eigenvalue weighted by molar-refractivity contribution is -0.127. The zero-order valence-corrected chi connectivity index (χ0v) is 13.1. The number of ether oxygens (including phenoxy) is 2. The minimum atomic E-state index is -0.585. The Morgan fingerprint density at radius 3 is 2.36 bits per heavy atom. The summed E-state index contributed by atoms with van der Waals surface area (Å²) in [6.07, 6.45) is -0.585. The molecule has 0 radical (unpaired) electrons. The summed E-state index contributed by atoms with van der Waals surface area (Å²) >= 11 is 0. The van der Waals surface area contributed by atoms with Crippen molar-refractivity contribution in [3.8, 4) is 11.5 Å². The summed E-state index contributed by atoms with van der Waals surface area (Å²) in [4.78, 5) is 12.2. The standard InChI is InChI=1S/C18H21NO3/c1-13(15-8-5-4-6-9-15)19-18(20)14(2)22-17-11-7-10-16(12-17)21-3/h4-14H,1-3H3,(H,19,20)/t13-,14+/m1/s1. The van der Waals surface area contributed by atoms with Gasteiger partial charge in [0.25, 0.3) is 5.91 Å². The van der Waals surface area contributed by atoms with Crippen molar-refractivity contribution in [2.24, 2.45) is 0 Å². The fourth-order valence-corrected chi connectivity index (χ4v) is 2.09. The van der Waals surface area contributed by atoms with E-state index in [1.807, 2.05) is 49.4 Å². The highest BCUT2D eigenvalue weighted by molar-refractivity contribution is 5.81. The largest absolute Gasteiger partial charge is 0.497 e. The van der Waals surface area contributed by atoms with Crippen LogP contribution in [0.3, 0.4) is 0 Å². The van der Waals surface area contributed by atoms with Crippen LogP contribution in [0.25, 0.3) is 0 Å². The summed E-state index contributed by atoms with van der Waals surface area (Å²) in [5.41, 5.74) is 1.06. The molecule has 2 aromatic carbocycles. The summed E-state index contributed by atoms with van der Waals surface area (Å²) in [7, 11) is 1.59. The topological polar surface area (TPSA) is 47.6 Å². The second-order valence-corrected chi connectivity index (χ2v) is 5.08. The lowest BCUT2D eigenvalue weighted by Crippen LogP contribution is -2.37. The number of benzene rings is 2. The molecule has 2 rings (SSSR count). The highest BCUT2D eigenvalue weighted by Gasteiger charge is 2.17. The first-order valence-electron chi connectivity index (χ1n) is 7.26. The van der Waals surface area contributed by atoms with E-state index in [2.05, 4.69) is 5.32 Å². The van der Waals surface area contributed by atoms with Crippen molar-refractivity contribution in [3.05, 3.63) is 60.2 Å². The molecule has 0 unspecified atom stereocenters. The van der Waals surface area contributed by atoms with Gasteiger partial charge in [-0.15, -0.1) is 0 Å². The van der Waals surface area contributed by atoms with Gasteiger partial charge in [-0.1, -0.05) is 36.4 Å². The van der Waals surface area contributed by atoms with Crippen molar-refractivity contribution in [1.82, 2.24) is 5.32 Å². The van der Waals surface area contributed by atoms with Gasteiger partial charge in [0.2, 0.25) is 0 Å². The lowest BCUT2D eigenvalue weighted by Gasteiger charge is -2.19. The summed E-state index contributed by atoms with van der Waals surface area (Å²) in [5, 5.41) is 2.95. The molecule has 116 valence electrons. The molecule has 1 N–H and O–H groups in total. The van der Waals surface area contributed by atoms with Crippen LogP contribution in [0.15, 0.2) is 54.6 Å². The van der Waals surface area contributed by atoms with Gasteiger partial charge in [0.1, 0.15) is 11.5 Å². The molecule has 4 nitrogen and oxygen atoms in total. The van der Waals surface area contributed by atoms with Crippen LogP contribution in [-0.4, -0.2) is 19.1 Å². The van der Waals surface area contributed by atoms with Gasteiger partial charge in [0.05, 0.1) is 13.2 Å². The van der Waals surface area contributed by atoms with E-state index in [0.29, 0.717) is 11.5 Å². The zero-order chi connectivity index (χ0) is 15.9. The molecule has 0 spiro atoms. The molecule has 0 aliphatic carbocycles. The Morgan fingerprint density at radius 1 is 1.00 bits per heavy atom. The number of amides is 1. The van der Waals surface area contributed by atoms with Gasteiger partial charge in [-0.3, -0.25) is 4.79 Å². The first kappa shape index (κ1) is 15.9. The maximum atomic E-state index is 12.2. The fraction of sp³-hybridized carbons (Fsp3) is 0.278. The van der Waals surface area contributed by atoms with Crippen LogP contribution < -0.4 is 14.8 Å².